The van der Waals surface area contributed by atoms with Gasteiger partial charge in [-0.05, 0) is 37.3 Å². The summed E-state index contributed by atoms with van der Waals surface area (Å²) in [6, 6.07) is 6.72. The molecule has 1 atom stereocenters. The second-order valence-electron chi connectivity index (χ2n) is 5.22. The van der Waals surface area contributed by atoms with Crippen molar-refractivity contribution in [3.63, 3.8) is 0 Å². The molecule has 0 spiro atoms. The van der Waals surface area contributed by atoms with Gasteiger partial charge < -0.3 is 10.6 Å². The lowest BCUT2D eigenvalue weighted by Gasteiger charge is -2.15. The van der Waals surface area contributed by atoms with Crippen LogP contribution >= 0.6 is 0 Å². The van der Waals surface area contributed by atoms with E-state index in [9.17, 15) is 4.79 Å². The highest BCUT2D eigenvalue weighted by molar-refractivity contribution is 5.92. The number of amides is 1. The Balaban J connectivity index is 2.61. The van der Waals surface area contributed by atoms with Crippen molar-refractivity contribution in [2.45, 2.75) is 59.4 Å². The minimum absolute atomic E-state index is 0.0939. The molecule has 20 heavy (non-hydrogen) atoms. The van der Waals surface area contributed by atoms with Gasteiger partial charge in [0, 0.05) is 24.7 Å². The van der Waals surface area contributed by atoms with Gasteiger partial charge in [0.15, 0.2) is 0 Å². The van der Waals surface area contributed by atoms with Crippen LogP contribution in [0.4, 0.5) is 5.69 Å². The summed E-state index contributed by atoms with van der Waals surface area (Å²) in [5.74, 6) is 0.0939. The fraction of sp³-hybridized carbons (Fsp3) is 0.588. The fourth-order valence-corrected chi connectivity index (χ4v) is 2.18. The van der Waals surface area contributed by atoms with E-state index in [1.165, 1.54) is 11.1 Å². The minimum Gasteiger partial charge on any atom is -0.326 e. The summed E-state index contributed by atoms with van der Waals surface area (Å²) >= 11 is 0. The third kappa shape index (κ3) is 4.97. The third-order valence-corrected chi connectivity index (χ3v) is 3.72. The number of benzene rings is 1. The van der Waals surface area contributed by atoms with Crippen molar-refractivity contribution in [2.24, 2.45) is 0 Å². The van der Waals surface area contributed by atoms with Crippen molar-refractivity contribution in [2.75, 3.05) is 11.9 Å². The molecule has 0 aromatic heterocycles. The van der Waals surface area contributed by atoms with Gasteiger partial charge in [0.2, 0.25) is 5.91 Å². The van der Waals surface area contributed by atoms with Crippen LogP contribution in [-0.4, -0.2) is 18.5 Å². The molecule has 1 rings (SSSR count). The number of carbonyl (C=O) groups is 1. The number of aryl methyl sites for hydroxylation is 2. The van der Waals surface area contributed by atoms with Crippen molar-refractivity contribution in [3.8, 4) is 0 Å². The van der Waals surface area contributed by atoms with E-state index in [0.29, 0.717) is 12.5 Å². The van der Waals surface area contributed by atoms with Crippen molar-refractivity contribution in [1.29, 1.82) is 0 Å². The molecule has 0 bridgehead atoms. The largest absolute Gasteiger partial charge is 0.326 e. The summed E-state index contributed by atoms with van der Waals surface area (Å²) in [7, 11) is 0. The highest BCUT2D eigenvalue weighted by atomic mass is 16.1. The van der Waals surface area contributed by atoms with Crippen LogP contribution in [0.15, 0.2) is 18.2 Å². The Hall–Kier alpha value is -1.35. The van der Waals surface area contributed by atoms with Gasteiger partial charge in [-0.25, -0.2) is 0 Å². The number of rotatable bonds is 8. The lowest BCUT2D eigenvalue weighted by molar-refractivity contribution is -0.116. The molecule has 0 aliphatic heterocycles. The van der Waals surface area contributed by atoms with Gasteiger partial charge in [-0.15, -0.1) is 0 Å². The molecule has 1 amide bonds. The number of para-hydroxylation sites is 1. The molecule has 0 heterocycles. The number of nitrogens with one attached hydrogen (secondary N) is 2. The maximum Gasteiger partial charge on any atom is 0.225 e. The molecule has 0 aliphatic carbocycles. The van der Waals surface area contributed by atoms with E-state index in [2.05, 4.69) is 56.5 Å². The van der Waals surface area contributed by atoms with Crippen LogP contribution in [0.1, 0.15) is 51.7 Å². The molecule has 0 radical (unpaired) electrons. The highest BCUT2D eigenvalue weighted by Gasteiger charge is 2.10. The zero-order chi connectivity index (χ0) is 15.0. The van der Waals surface area contributed by atoms with Crippen molar-refractivity contribution in [1.82, 2.24) is 5.32 Å². The van der Waals surface area contributed by atoms with E-state index in [1.54, 1.807) is 0 Å². The minimum atomic E-state index is 0.0939. The third-order valence-electron chi connectivity index (χ3n) is 3.72. The highest BCUT2D eigenvalue weighted by Crippen LogP contribution is 2.22. The summed E-state index contributed by atoms with van der Waals surface area (Å²) < 4.78 is 0. The van der Waals surface area contributed by atoms with Crippen LogP contribution in [0.2, 0.25) is 0 Å². The molecule has 0 aliphatic rings. The predicted octanol–water partition coefficient (Wildman–Crippen LogP) is 3.53. The van der Waals surface area contributed by atoms with Gasteiger partial charge in [-0.1, -0.05) is 39.0 Å². The van der Waals surface area contributed by atoms with E-state index >= 15 is 0 Å². The smallest absolute Gasteiger partial charge is 0.225 e. The Morgan fingerprint density at radius 1 is 1.15 bits per heavy atom. The zero-order valence-electron chi connectivity index (χ0n) is 13.3. The monoisotopic (exact) mass is 276 g/mol. The van der Waals surface area contributed by atoms with Crippen LogP contribution in [0, 0.1) is 0 Å². The Morgan fingerprint density at radius 2 is 1.75 bits per heavy atom. The van der Waals surface area contributed by atoms with Crippen molar-refractivity contribution < 1.29 is 4.79 Å². The maximum atomic E-state index is 12.1. The second kappa shape index (κ2) is 8.75. The summed E-state index contributed by atoms with van der Waals surface area (Å²) in [5.41, 5.74) is 3.45. The first kappa shape index (κ1) is 16.7. The Morgan fingerprint density at radius 3 is 2.25 bits per heavy atom. The zero-order valence-corrected chi connectivity index (χ0v) is 13.3. The lowest BCUT2D eigenvalue weighted by Crippen LogP contribution is -2.29. The Labute approximate surface area is 123 Å². The molecule has 0 saturated heterocycles. The number of anilines is 1. The average Bonchev–Trinajstić information content (AvgIpc) is 2.47. The van der Waals surface area contributed by atoms with Crippen molar-refractivity contribution >= 4 is 11.6 Å². The van der Waals surface area contributed by atoms with E-state index in [-0.39, 0.29) is 5.91 Å². The Kier molecular flexibility index (Phi) is 7.31. The summed E-state index contributed by atoms with van der Waals surface area (Å²) in [6.07, 6.45) is 3.48. The summed E-state index contributed by atoms with van der Waals surface area (Å²) in [4.78, 5) is 12.1. The fourth-order valence-electron chi connectivity index (χ4n) is 2.18. The molecule has 1 unspecified atom stereocenters. The van der Waals surface area contributed by atoms with Gasteiger partial charge in [0.1, 0.15) is 0 Å². The van der Waals surface area contributed by atoms with Gasteiger partial charge in [-0.3, -0.25) is 4.79 Å². The first-order chi connectivity index (χ1) is 9.62. The first-order valence-electron chi connectivity index (χ1n) is 7.76. The average molecular weight is 276 g/mol. The molecule has 2 N–H and O–H groups in total. The maximum absolute atomic E-state index is 12.1. The molecular weight excluding hydrogens is 248 g/mol. The Bertz CT molecular complexity index is 407. The number of hydrogen-bond donors (Lipinski definition) is 2. The quantitative estimate of drug-likeness (QED) is 0.762. The normalized spacial score (nSPS) is 12.2. The van der Waals surface area contributed by atoms with E-state index in [0.717, 1.165) is 31.5 Å². The summed E-state index contributed by atoms with van der Waals surface area (Å²) in [6.45, 7) is 9.25. The molecule has 1 aromatic carbocycles. The molecule has 0 fully saturated rings. The molecule has 112 valence electrons. The van der Waals surface area contributed by atoms with Gasteiger partial charge >= 0.3 is 0 Å². The van der Waals surface area contributed by atoms with Crippen LogP contribution in [-0.2, 0) is 17.6 Å². The molecule has 3 nitrogen and oxygen atoms in total. The van der Waals surface area contributed by atoms with E-state index in [4.69, 9.17) is 0 Å². The lowest BCUT2D eigenvalue weighted by atomic mass is 10.0. The predicted molar refractivity (Wildman–Crippen MR) is 86.2 cm³/mol. The number of hydrogen-bond acceptors (Lipinski definition) is 2. The molecule has 3 heteroatoms. The van der Waals surface area contributed by atoms with Crippen LogP contribution in [0.5, 0.6) is 0 Å². The topological polar surface area (TPSA) is 41.1 Å². The SMILES string of the molecule is CCc1cccc(CC)c1NC(=O)CCNC(C)CC. The second-order valence-corrected chi connectivity index (χ2v) is 5.22. The molecule has 1 aromatic rings. The van der Waals surface area contributed by atoms with E-state index in [1.807, 2.05) is 0 Å². The molecular formula is C17H28N2O. The molecule has 0 saturated carbocycles. The summed E-state index contributed by atoms with van der Waals surface area (Å²) in [5, 5.41) is 6.44. The van der Waals surface area contributed by atoms with Crippen molar-refractivity contribution in [3.05, 3.63) is 29.3 Å². The van der Waals surface area contributed by atoms with Gasteiger partial charge in [0.25, 0.3) is 0 Å². The first-order valence-corrected chi connectivity index (χ1v) is 7.76. The van der Waals surface area contributed by atoms with Gasteiger partial charge in [0.05, 0.1) is 0 Å². The van der Waals surface area contributed by atoms with Crippen LogP contribution < -0.4 is 10.6 Å². The van der Waals surface area contributed by atoms with Gasteiger partial charge in [-0.2, -0.15) is 0 Å². The number of carbonyl (C=O) groups excluding carboxylic acids is 1. The van der Waals surface area contributed by atoms with E-state index < -0.39 is 0 Å². The van der Waals surface area contributed by atoms with Crippen LogP contribution in [0.3, 0.4) is 0 Å². The standard InChI is InChI=1S/C17H28N2O/c1-5-13(4)18-12-11-16(20)19-17-14(6-2)9-8-10-15(17)7-3/h8-10,13,18H,5-7,11-12H2,1-4H3,(H,19,20). The van der Waals surface area contributed by atoms with Crippen LogP contribution in [0.25, 0.3) is 0 Å².